The lowest BCUT2D eigenvalue weighted by Crippen LogP contribution is -2.51. The van der Waals surface area contributed by atoms with Gasteiger partial charge in [-0.25, -0.2) is 0 Å². The van der Waals surface area contributed by atoms with Crippen LogP contribution in [0, 0.1) is 0 Å². The number of fused-ring (bicyclic) bond motifs is 1. The molecule has 1 aromatic rings. The zero-order valence-corrected chi connectivity index (χ0v) is 11.5. The Bertz CT molecular complexity index is 578. The molecule has 0 N–H and O–H groups in total. The van der Waals surface area contributed by atoms with Gasteiger partial charge in [-0.15, -0.1) is 0 Å². The molecule has 1 aromatic carbocycles. The van der Waals surface area contributed by atoms with Gasteiger partial charge in [0, 0.05) is 22.8 Å². The van der Waals surface area contributed by atoms with Crippen molar-refractivity contribution in [3.05, 3.63) is 35.4 Å². The van der Waals surface area contributed by atoms with Crippen molar-refractivity contribution in [3.8, 4) is 0 Å². The standard InChI is InChI=1S/C13H13NO5S/c1-20(19)7-6-10(13(17)18)14-11(15)8-4-2-3-5-9(8)12(14)16/h2-5,10H,6-7H2,1H3,(H,17,18)/p-1/t10-,20+/m0/s1. The van der Waals surface area contributed by atoms with E-state index in [2.05, 4.69) is 0 Å². The van der Waals surface area contributed by atoms with Crippen LogP contribution in [0.2, 0.25) is 0 Å². The van der Waals surface area contributed by atoms with E-state index in [0.717, 1.165) is 0 Å². The molecule has 2 amide bonds. The van der Waals surface area contributed by atoms with Gasteiger partial charge < -0.3 is 9.90 Å². The Labute approximate surface area is 117 Å². The van der Waals surface area contributed by atoms with Crippen LogP contribution in [0.3, 0.4) is 0 Å². The molecule has 2 atom stereocenters. The van der Waals surface area contributed by atoms with Crippen molar-refractivity contribution in [1.82, 2.24) is 4.90 Å². The first-order valence-corrected chi connectivity index (χ1v) is 7.64. The molecule has 0 saturated heterocycles. The van der Waals surface area contributed by atoms with E-state index in [1.807, 2.05) is 0 Å². The Hall–Kier alpha value is -2.02. The number of imide groups is 1. The van der Waals surface area contributed by atoms with Gasteiger partial charge in [-0.3, -0.25) is 18.7 Å². The van der Waals surface area contributed by atoms with E-state index in [0.29, 0.717) is 4.90 Å². The molecule has 0 aromatic heterocycles. The molecular formula is C13H12NO5S-. The normalized spacial score (nSPS) is 16.9. The van der Waals surface area contributed by atoms with Crippen LogP contribution < -0.4 is 5.11 Å². The minimum Gasteiger partial charge on any atom is -0.548 e. The third-order valence-corrected chi connectivity index (χ3v) is 3.90. The zero-order chi connectivity index (χ0) is 14.9. The summed E-state index contributed by atoms with van der Waals surface area (Å²) in [6.45, 7) is 0. The van der Waals surface area contributed by atoms with Gasteiger partial charge in [-0.05, 0) is 18.6 Å². The van der Waals surface area contributed by atoms with Gasteiger partial charge in [0.25, 0.3) is 11.8 Å². The highest BCUT2D eigenvalue weighted by atomic mass is 32.2. The summed E-state index contributed by atoms with van der Waals surface area (Å²) in [7, 11) is -1.22. The van der Waals surface area contributed by atoms with E-state index in [1.165, 1.54) is 18.4 Å². The van der Waals surface area contributed by atoms with Crippen LogP contribution in [0.15, 0.2) is 24.3 Å². The molecule has 1 aliphatic rings. The summed E-state index contributed by atoms with van der Waals surface area (Å²) in [5.74, 6) is -2.75. The first kappa shape index (κ1) is 14.4. The summed E-state index contributed by atoms with van der Waals surface area (Å²) >= 11 is 0. The molecule has 0 fully saturated rings. The molecule has 0 bridgehead atoms. The monoisotopic (exact) mass is 294 g/mol. The van der Waals surface area contributed by atoms with Crippen LogP contribution in [-0.4, -0.2) is 44.9 Å². The fourth-order valence-electron chi connectivity index (χ4n) is 2.12. The van der Waals surface area contributed by atoms with Crippen molar-refractivity contribution < 1.29 is 23.7 Å². The lowest BCUT2D eigenvalue weighted by Gasteiger charge is -2.26. The number of rotatable bonds is 5. The lowest BCUT2D eigenvalue weighted by atomic mass is 10.1. The molecule has 0 spiro atoms. The Morgan fingerprint density at radius 2 is 1.75 bits per heavy atom. The van der Waals surface area contributed by atoms with Gasteiger partial charge in [0.1, 0.15) is 0 Å². The Morgan fingerprint density at radius 1 is 1.25 bits per heavy atom. The van der Waals surface area contributed by atoms with Crippen LogP contribution in [0.5, 0.6) is 0 Å². The van der Waals surface area contributed by atoms with E-state index in [9.17, 15) is 23.7 Å². The fraction of sp³-hybridized carbons (Fsp3) is 0.308. The molecule has 1 heterocycles. The topological polar surface area (TPSA) is 94.6 Å². The van der Waals surface area contributed by atoms with Crippen LogP contribution >= 0.6 is 0 Å². The second kappa shape index (κ2) is 5.54. The SMILES string of the molecule is C[S@@](=O)CC[C@@H](C(=O)[O-])N1C(=O)c2ccccc2C1=O. The van der Waals surface area contributed by atoms with Crippen molar-refractivity contribution in [2.45, 2.75) is 12.5 Å². The molecule has 106 valence electrons. The highest BCUT2D eigenvalue weighted by molar-refractivity contribution is 7.84. The molecule has 2 rings (SSSR count). The molecule has 0 saturated carbocycles. The maximum absolute atomic E-state index is 12.1. The number of carboxylic acid groups (broad SMARTS) is 1. The van der Waals surface area contributed by atoms with Crippen LogP contribution in [-0.2, 0) is 15.6 Å². The molecular weight excluding hydrogens is 282 g/mol. The second-order valence-corrected chi connectivity index (χ2v) is 5.98. The summed E-state index contributed by atoms with van der Waals surface area (Å²) in [5.41, 5.74) is 0.364. The van der Waals surface area contributed by atoms with Gasteiger partial charge in [0.05, 0.1) is 23.1 Å². The third kappa shape index (κ3) is 2.49. The molecule has 0 unspecified atom stereocenters. The maximum Gasteiger partial charge on any atom is 0.262 e. The molecule has 20 heavy (non-hydrogen) atoms. The number of aliphatic carboxylic acids is 1. The molecule has 1 aliphatic heterocycles. The van der Waals surface area contributed by atoms with Crippen molar-refractivity contribution in [2.75, 3.05) is 12.0 Å². The van der Waals surface area contributed by atoms with Gasteiger partial charge >= 0.3 is 0 Å². The van der Waals surface area contributed by atoms with E-state index < -0.39 is 34.6 Å². The number of carboxylic acids is 1. The number of hydrogen-bond donors (Lipinski definition) is 0. The first-order valence-electron chi connectivity index (χ1n) is 5.91. The minimum absolute atomic E-state index is 0.0754. The fourth-order valence-corrected chi connectivity index (χ4v) is 2.68. The average Bonchev–Trinajstić information content (AvgIpc) is 2.64. The highest BCUT2D eigenvalue weighted by Gasteiger charge is 2.40. The lowest BCUT2D eigenvalue weighted by molar-refractivity contribution is -0.310. The predicted octanol–water partition coefficient (Wildman–Crippen LogP) is -0.830. The maximum atomic E-state index is 12.1. The van der Waals surface area contributed by atoms with E-state index in [1.54, 1.807) is 12.1 Å². The van der Waals surface area contributed by atoms with Crippen molar-refractivity contribution in [2.24, 2.45) is 0 Å². The molecule has 7 heteroatoms. The van der Waals surface area contributed by atoms with Gasteiger partial charge in [-0.2, -0.15) is 0 Å². The number of carbonyl (C=O) groups excluding carboxylic acids is 3. The van der Waals surface area contributed by atoms with Gasteiger partial charge in [0.2, 0.25) is 0 Å². The number of carbonyl (C=O) groups is 3. The van der Waals surface area contributed by atoms with Gasteiger partial charge in [-0.1, -0.05) is 12.1 Å². The zero-order valence-electron chi connectivity index (χ0n) is 10.7. The molecule has 0 aliphatic carbocycles. The third-order valence-electron chi connectivity index (χ3n) is 3.09. The smallest absolute Gasteiger partial charge is 0.262 e. The molecule has 6 nitrogen and oxygen atoms in total. The largest absolute Gasteiger partial charge is 0.548 e. The molecule has 0 radical (unpaired) electrons. The Morgan fingerprint density at radius 3 is 2.15 bits per heavy atom. The highest BCUT2D eigenvalue weighted by Crippen LogP contribution is 2.25. The Kier molecular flexibility index (Phi) is 3.99. The second-order valence-electron chi connectivity index (χ2n) is 4.43. The van der Waals surface area contributed by atoms with Crippen molar-refractivity contribution in [3.63, 3.8) is 0 Å². The van der Waals surface area contributed by atoms with Crippen LogP contribution in [0.25, 0.3) is 0 Å². The number of hydrogen-bond acceptors (Lipinski definition) is 5. The van der Waals surface area contributed by atoms with Gasteiger partial charge in [0.15, 0.2) is 0 Å². The summed E-state index contributed by atoms with van der Waals surface area (Å²) in [5, 5.41) is 11.2. The van der Waals surface area contributed by atoms with E-state index in [4.69, 9.17) is 0 Å². The van der Waals surface area contributed by atoms with E-state index in [-0.39, 0.29) is 23.3 Å². The number of nitrogens with zero attached hydrogens (tertiary/aromatic N) is 1. The number of amides is 2. The van der Waals surface area contributed by atoms with Crippen molar-refractivity contribution >= 4 is 28.6 Å². The van der Waals surface area contributed by atoms with Crippen LogP contribution in [0.4, 0.5) is 0 Å². The quantitative estimate of drug-likeness (QED) is 0.661. The Balaban J connectivity index is 2.32. The summed E-state index contributed by atoms with van der Waals surface area (Å²) in [4.78, 5) is 36.1. The van der Waals surface area contributed by atoms with Crippen LogP contribution in [0.1, 0.15) is 27.1 Å². The van der Waals surface area contributed by atoms with E-state index >= 15 is 0 Å². The summed E-state index contributed by atoms with van der Waals surface area (Å²) in [6, 6.07) is 4.75. The first-order chi connectivity index (χ1) is 9.43. The predicted molar refractivity (Wildman–Crippen MR) is 69.3 cm³/mol. The summed E-state index contributed by atoms with van der Waals surface area (Å²) < 4.78 is 11.1. The average molecular weight is 294 g/mol. The summed E-state index contributed by atoms with van der Waals surface area (Å²) in [6.07, 6.45) is 1.34. The van der Waals surface area contributed by atoms with Crippen molar-refractivity contribution in [1.29, 1.82) is 0 Å². The minimum atomic E-state index is -1.52. The number of benzene rings is 1.